The minimum absolute atomic E-state index is 0.183. The summed E-state index contributed by atoms with van der Waals surface area (Å²) in [6.07, 6.45) is 2.34. The summed E-state index contributed by atoms with van der Waals surface area (Å²) in [4.78, 5) is 2.49. The highest BCUT2D eigenvalue weighted by molar-refractivity contribution is 5.34. The molecule has 0 aliphatic carbocycles. The van der Waals surface area contributed by atoms with Crippen LogP contribution in [0.5, 0.6) is 5.75 Å². The fourth-order valence-electron chi connectivity index (χ4n) is 3.61. The molecule has 0 saturated carbocycles. The molecule has 0 radical (unpaired) electrons. The maximum Gasteiger partial charge on any atom is 0.115 e. The standard InChI is InChI=1S/C18H27NO/c1-14(2)11-18(16-6-5-7-17(20)10-16)8-9-19(13-18)12-15(3)4/h5-7,10,14,20H,3,8-9,11-13H2,1-2,4H3/t18-/m1/s1. The molecule has 1 aromatic rings. The van der Waals surface area contributed by atoms with Crippen LogP contribution in [0.3, 0.4) is 0 Å². The quantitative estimate of drug-likeness (QED) is 0.821. The van der Waals surface area contributed by atoms with Gasteiger partial charge in [0.25, 0.3) is 0 Å². The zero-order valence-corrected chi connectivity index (χ0v) is 13.0. The second-order valence-corrected chi connectivity index (χ2v) is 6.85. The average Bonchev–Trinajstić information content (AvgIpc) is 2.71. The van der Waals surface area contributed by atoms with Crippen molar-refractivity contribution in [1.29, 1.82) is 0 Å². The van der Waals surface area contributed by atoms with Crippen LogP contribution >= 0.6 is 0 Å². The van der Waals surface area contributed by atoms with E-state index in [0.29, 0.717) is 11.7 Å². The maximum absolute atomic E-state index is 9.81. The summed E-state index contributed by atoms with van der Waals surface area (Å²) in [5, 5.41) is 9.81. The van der Waals surface area contributed by atoms with Gasteiger partial charge in [0, 0.05) is 18.5 Å². The summed E-state index contributed by atoms with van der Waals surface area (Å²) < 4.78 is 0. The van der Waals surface area contributed by atoms with Crippen LogP contribution < -0.4 is 0 Å². The van der Waals surface area contributed by atoms with E-state index in [-0.39, 0.29) is 5.41 Å². The van der Waals surface area contributed by atoms with Crippen LogP contribution in [0.4, 0.5) is 0 Å². The van der Waals surface area contributed by atoms with Crippen molar-refractivity contribution in [2.24, 2.45) is 5.92 Å². The van der Waals surface area contributed by atoms with Crippen LogP contribution in [-0.2, 0) is 5.41 Å². The molecule has 0 amide bonds. The second-order valence-electron chi connectivity index (χ2n) is 6.85. The molecule has 1 fully saturated rings. The van der Waals surface area contributed by atoms with E-state index in [9.17, 15) is 5.11 Å². The van der Waals surface area contributed by atoms with E-state index in [2.05, 4.69) is 38.3 Å². The van der Waals surface area contributed by atoms with Crippen molar-refractivity contribution >= 4 is 0 Å². The Morgan fingerprint density at radius 1 is 1.45 bits per heavy atom. The molecule has 2 heteroatoms. The van der Waals surface area contributed by atoms with Gasteiger partial charge in [0.2, 0.25) is 0 Å². The van der Waals surface area contributed by atoms with Gasteiger partial charge in [0.05, 0.1) is 0 Å². The topological polar surface area (TPSA) is 23.5 Å². The zero-order chi connectivity index (χ0) is 14.8. The first-order valence-corrected chi connectivity index (χ1v) is 7.57. The first-order valence-electron chi connectivity index (χ1n) is 7.57. The summed E-state index contributed by atoms with van der Waals surface area (Å²) in [6, 6.07) is 7.85. The Labute approximate surface area is 123 Å². The Hall–Kier alpha value is -1.28. The van der Waals surface area contributed by atoms with E-state index in [1.54, 1.807) is 6.07 Å². The van der Waals surface area contributed by atoms with Gasteiger partial charge >= 0.3 is 0 Å². The smallest absolute Gasteiger partial charge is 0.115 e. The number of benzene rings is 1. The summed E-state index contributed by atoms with van der Waals surface area (Å²) in [5.41, 5.74) is 2.69. The Balaban J connectivity index is 2.26. The normalized spacial score (nSPS) is 23.4. The molecule has 0 aromatic heterocycles. The van der Waals surface area contributed by atoms with Crippen LogP contribution in [0.25, 0.3) is 0 Å². The molecular formula is C18H27NO. The highest BCUT2D eigenvalue weighted by atomic mass is 16.3. The van der Waals surface area contributed by atoms with Crippen molar-refractivity contribution in [3.8, 4) is 5.75 Å². The van der Waals surface area contributed by atoms with Gasteiger partial charge in [-0.3, -0.25) is 4.90 Å². The molecule has 1 N–H and O–H groups in total. The summed E-state index contributed by atoms with van der Waals surface area (Å²) in [6.45, 7) is 13.9. The van der Waals surface area contributed by atoms with Crippen molar-refractivity contribution in [2.45, 2.75) is 39.0 Å². The van der Waals surface area contributed by atoms with Crippen LogP contribution in [-0.4, -0.2) is 29.6 Å². The molecule has 1 atom stereocenters. The van der Waals surface area contributed by atoms with Gasteiger partial charge in [-0.05, 0) is 49.9 Å². The van der Waals surface area contributed by atoms with Gasteiger partial charge in [-0.2, -0.15) is 0 Å². The van der Waals surface area contributed by atoms with Gasteiger partial charge in [-0.25, -0.2) is 0 Å². The molecule has 2 nitrogen and oxygen atoms in total. The molecule has 110 valence electrons. The summed E-state index contributed by atoms with van der Waals surface area (Å²) in [7, 11) is 0. The van der Waals surface area contributed by atoms with Crippen molar-refractivity contribution in [1.82, 2.24) is 4.90 Å². The Bertz CT molecular complexity index is 480. The minimum Gasteiger partial charge on any atom is -0.508 e. The molecule has 1 aromatic carbocycles. The molecule has 20 heavy (non-hydrogen) atoms. The first kappa shape index (κ1) is 15.1. The molecule has 0 bridgehead atoms. The highest BCUT2D eigenvalue weighted by Gasteiger charge is 2.39. The first-order chi connectivity index (χ1) is 9.41. The minimum atomic E-state index is 0.183. The van der Waals surface area contributed by atoms with Crippen molar-refractivity contribution in [2.75, 3.05) is 19.6 Å². The monoisotopic (exact) mass is 273 g/mol. The number of phenolic OH excluding ortho intramolecular Hbond substituents is 1. The molecule has 2 rings (SSSR count). The summed E-state index contributed by atoms with van der Waals surface area (Å²) >= 11 is 0. The van der Waals surface area contributed by atoms with Crippen LogP contribution in [0.1, 0.15) is 39.2 Å². The van der Waals surface area contributed by atoms with Crippen LogP contribution in [0.2, 0.25) is 0 Å². The molecule has 1 heterocycles. The predicted octanol–water partition coefficient (Wildman–Crippen LogP) is 3.96. The molecule has 0 spiro atoms. The maximum atomic E-state index is 9.81. The third-order valence-corrected chi connectivity index (χ3v) is 4.18. The molecular weight excluding hydrogens is 246 g/mol. The van der Waals surface area contributed by atoms with Gasteiger partial charge in [-0.1, -0.05) is 38.1 Å². The fraction of sp³-hybridized carbons (Fsp3) is 0.556. The number of hydrogen-bond acceptors (Lipinski definition) is 2. The van der Waals surface area contributed by atoms with Gasteiger partial charge in [-0.15, -0.1) is 0 Å². The van der Waals surface area contributed by atoms with Gasteiger partial charge < -0.3 is 5.11 Å². The van der Waals surface area contributed by atoms with Crippen LogP contribution in [0.15, 0.2) is 36.4 Å². The van der Waals surface area contributed by atoms with Crippen molar-refractivity contribution in [3.63, 3.8) is 0 Å². The van der Waals surface area contributed by atoms with E-state index in [4.69, 9.17) is 0 Å². The number of rotatable bonds is 5. The van der Waals surface area contributed by atoms with Crippen LogP contribution in [0, 0.1) is 5.92 Å². The van der Waals surface area contributed by atoms with E-state index in [1.165, 1.54) is 24.0 Å². The number of aromatic hydroxyl groups is 1. The van der Waals surface area contributed by atoms with E-state index < -0.39 is 0 Å². The lowest BCUT2D eigenvalue weighted by Gasteiger charge is -2.32. The zero-order valence-electron chi connectivity index (χ0n) is 13.0. The predicted molar refractivity (Wildman–Crippen MR) is 85.1 cm³/mol. The third-order valence-electron chi connectivity index (χ3n) is 4.18. The number of phenols is 1. The lowest BCUT2D eigenvalue weighted by molar-refractivity contribution is 0.301. The fourth-order valence-corrected chi connectivity index (χ4v) is 3.61. The van der Waals surface area contributed by atoms with Crippen molar-refractivity contribution in [3.05, 3.63) is 42.0 Å². The lowest BCUT2D eigenvalue weighted by Crippen LogP contribution is -2.33. The second kappa shape index (κ2) is 6.01. The SMILES string of the molecule is C=C(C)CN1CC[C@](CC(C)C)(c2cccc(O)c2)C1. The highest BCUT2D eigenvalue weighted by Crippen LogP contribution is 2.41. The van der Waals surface area contributed by atoms with E-state index in [1.807, 2.05) is 12.1 Å². The number of likely N-dealkylation sites (tertiary alicyclic amines) is 1. The van der Waals surface area contributed by atoms with E-state index >= 15 is 0 Å². The van der Waals surface area contributed by atoms with Gasteiger partial charge in [0.15, 0.2) is 0 Å². The van der Waals surface area contributed by atoms with Crippen molar-refractivity contribution < 1.29 is 5.11 Å². The Morgan fingerprint density at radius 2 is 2.20 bits per heavy atom. The molecule has 1 saturated heterocycles. The Kier molecular flexibility index (Phi) is 4.54. The summed E-state index contributed by atoms with van der Waals surface area (Å²) in [5.74, 6) is 1.03. The van der Waals surface area contributed by atoms with E-state index in [0.717, 1.165) is 19.6 Å². The Morgan fingerprint density at radius 3 is 2.80 bits per heavy atom. The third kappa shape index (κ3) is 3.43. The lowest BCUT2D eigenvalue weighted by atomic mass is 9.73. The van der Waals surface area contributed by atoms with Gasteiger partial charge in [0.1, 0.15) is 5.75 Å². The molecule has 1 aliphatic heterocycles. The molecule has 0 unspecified atom stereocenters. The number of nitrogens with zero attached hydrogens (tertiary/aromatic N) is 1. The largest absolute Gasteiger partial charge is 0.508 e. The average molecular weight is 273 g/mol. The molecule has 1 aliphatic rings. The number of hydrogen-bond donors (Lipinski definition) is 1.